The van der Waals surface area contributed by atoms with Gasteiger partial charge in [-0.05, 0) is 23.6 Å². The number of nitrogens with zero attached hydrogens (tertiary/aromatic N) is 3. The van der Waals surface area contributed by atoms with E-state index in [-0.39, 0.29) is 30.2 Å². The number of nitro benzene ring substituents is 1. The fraction of sp³-hybridized carbons (Fsp3) is 0.333. The minimum absolute atomic E-state index is 0.00162. The van der Waals surface area contributed by atoms with E-state index in [9.17, 15) is 19.7 Å². The molecule has 1 amide bonds. The summed E-state index contributed by atoms with van der Waals surface area (Å²) >= 11 is 1.40. The Labute approximate surface area is 155 Å². The van der Waals surface area contributed by atoms with Crippen molar-refractivity contribution in [2.24, 2.45) is 0 Å². The van der Waals surface area contributed by atoms with Crippen molar-refractivity contribution in [2.45, 2.75) is 12.8 Å². The van der Waals surface area contributed by atoms with Gasteiger partial charge in [-0.3, -0.25) is 19.7 Å². The molecule has 1 fully saturated rings. The van der Waals surface area contributed by atoms with Crippen LogP contribution in [0.2, 0.25) is 0 Å². The topological polar surface area (TPSA) is 83.8 Å². The zero-order valence-corrected chi connectivity index (χ0v) is 15.0. The molecule has 0 N–H and O–H groups in total. The Morgan fingerprint density at radius 1 is 1.04 bits per heavy atom. The molecule has 7 nitrogen and oxygen atoms in total. The van der Waals surface area contributed by atoms with Gasteiger partial charge in [0.25, 0.3) is 5.69 Å². The smallest absolute Gasteiger partial charge is 0.269 e. The Bertz CT molecular complexity index is 781. The quantitative estimate of drug-likeness (QED) is 0.442. The first-order chi connectivity index (χ1) is 12.5. The fourth-order valence-electron chi connectivity index (χ4n) is 2.94. The summed E-state index contributed by atoms with van der Waals surface area (Å²) in [5.74, 6) is 0.0103. The van der Waals surface area contributed by atoms with E-state index in [1.54, 1.807) is 23.1 Å². The number of carbonyl (C=O) groups excluding carboxylic acids is 2. The molecule has 0 unspecified atom stereocenters. The number of anilines is 1. The number of Topliss-reactive ketones (excluding diaryl/α,β-unsaturated/α-hetero) is 1. The number of rotatable bonds is 6. The SMILES string of the molecule is O=C(CCC(=O)N1CCN(c2ccc([N+](=O)[O-])cc2)CC1)c1cccs1. The Morgan fingerprint density at radius 3 is 2.31 bits per heavy atom. The predicted octanol–water partition coefficient (Wildman–Crippen LogP) is 2.97. The molecular formula is C18H19N3O4S. The van der Waals surface area contributed by atoms with Crippen molar-refractivity contribution in [3.63, 3.8) is 0 Å². The molecule has 0 spiro atoms. The molecule has 3 rings (SSSR count). The first-order valence-electron chi connectivity index (χ1n) is 8.38. The highest BCUT2D eigenvalue weighted by Gasteiger charge is 2.22. The van der Waals surface area contributed by atoms with Gasteiger partial charge in [0.2, 0.25) is 5.91 Å². The first-order valence-corrected chi connectivity index (χ1v) is 9.26. The summed E-state index contributed by atoms with van der Waals surface area (Å²) in [4.78, 5) is 39.2. The molecule has 8 heteroatoms. The van der Waals surface area contributed by atoms with Crippen molar-refractivity contribution < 1.29 is 14.5 Å². The van der Waals surface area contributed by atoms with Gasteiger partial charge in [0.05, 0.1) is 9.80 Å². The predicted molar refractivity (Wildman–Crippen MR) is 99.8 cm³/mol. The van der Waals surface area contributed by atoms with E-state index in [1.165, 1.54) is 23.5 Å². The summed E-state index contributed by atoms with van der Waals surface area (Å²) in [6.45, 7) is 2.51. The molecular weight excluding hydrogens is 354 g/mol. The van der Waals surface area contributed by atoms with Crippen LogP contribution in [-0.4, -0.2) is 47.7 Å². The summed E-state index contributed by atoms with van der Waals surface area (Å²) in [6, 6.07) is 10.0. The Kier molecular flexibility index (Phi) is 5.62. The van der Waals surface area contributed by atoms with Gasteiger partial charge in [0.15, 0.2) is 5.78 Å². The molecule has 1 aliphatic heterocycles. The van der Waals surface area contributed by atoms with Gasteiger partial charge in [0.1, 0.15) is 0 Å². The van der Waals surface area contributed by atoms with Crippen LogP contribution < -0.4 is 4.90 Å². The second-order valence-electron chi connectivity index (χ2n) is 6.04. The van der Waals surface area contributed by atoms with Gasteiger partial charge < -0.3 is 9.80 Å². The lowest BCUT2D eigenvalue weighted by Gasteiger charge is -2.36. The zero-order valence-electron chi connectivity index (χ0n) is 14.2. The first kappa shape index (κ1) is 18.1. The number of hydrogen-bond acceptors (Lipinski definition) is 6. The number of piperazine rings is 1. The van der Waals surface area contributed by atoms with Crippen molar-refractivity contribution in [1.29, 1.82) is 0 Å². The Morgan fingerprint density at radius 2 is 1.73 bits per heavy atom. The van der Waals surface area contributed by atoms with Crippen molar-refractivity contribution in [1.82, 2.24) is 4.90 Å². The average Bonchev–Trinajstić information content (AvgIpc) is 3.21. The van der Waals surface area contributed by atoms with Crippen molar-refractivity contribution in [3.05, 3.63) is 56.8 Å². The standard InChI is InChI=1S/C18H19N3O4S/c22-16(17-2-1-13-26-17)7-8-18(23)20-11-9-19(10-12-20)14-3-5-15(6-4-14)21(24)25/h1-6,13H,7-12H2. The summed E-state index contributed by atoms with van der Waals surface area (Å²) in [5.41, 5.74) is 0.980. The second kappa shape index (κ2) is 8.09. The number of nitro groups is 1. The Balaban J connectivity index is 1.47. The molecule has 0 aliphatic carbocycles. The number of benzene rings is 1. The van der Waals surface area contributed by atoms with Crippen molar-refractivity contribution in [3.8, 4) is 0 Å². The summed E-state index contributed by atoms with van der Waals surface area (Å²) in [6.07, 6.45) is 0.468. The van der Waals surface area contributed by atoms with Gasteiger partial charge in [-0.25, -0.2) is 0 Å². The molecule has 1 saturated heterocycles. The van der Waals surface area contributed by atoms with Crippen LogP contribution >= 0.6 is 11.3 Å². The van der Waals surface area contributed by atoms with Crippen molar-refractivity contribution >= 4 is 34.4 Å². The highest BCUT2D eigenvalue weighted by molar-refractivity contribution is 7.12. The van der Waals surface area contributed by atoms with E-state index in [0.717, 1.165) is 5.69 Å². The van der Waals surface area contributed by atoms with E-state index in [1.807, 2.05) is 11.4 Å². The maximum atomic E-state index is 12.3. The van der Waals surface area contributed by atoms with Gasteiger partial charge in [-0.15, -0.1) is 11.3 Å². The summed E-state index contributed by atoms with van der Waals surface area (Å²) in [7, 11) is 0. The molecule has 26 heavy (non-hydrogen) atoms. The normalized spacial score (nSPS) is 14.3. The molecule has 1 aromatic heterocycles. The molecule has 136 valence electrons. The van der Waals surface area contributed by atoms with E-state index in [4.69, 9.17) is 0 Å². The van der Waals surface area contributed by atoms with E-state index in [2.05, 4.69) is 4.90 Å². The van der Waals surface area contributed by atoms with Gasteiger partial charge in [0, 0.05) is 56.8 Å². The molecule has 0 bridgehead atoms. The van der Waals surface area contributed by atoms with Crippen LogP contribution in [0.3, 0.4) is 0 Å². The third kappa shape index (κ3) is 4.26. The third-order valence-electron chi connectivity index (χ3n) is 4.42. The molecule has 2 heterocycles. The second-order valence-corrected chi connectivity index (χ2v) is 6.99. The minimum Gasteiger partial charge on any atom is -0.368 e. The van der Waals surface area contributed by atoms with Crippen LogP contribution in [0, 0.1) is 10.1 Å². The number of carbonyl (C=O) groups is 2. The molecule has 1 aliphatic rings. The lowest BCUT2D eigenvalue weighted by molar-refractivity contribution is -0.384. The number of hydrogen-bond donors (Lipinski definition) is 0. The van der Waals surface area contributed by atoms with E-state index >= 15 is 0 Å². The van der Waals surface area contributed by atoms with Crippen LogP contribution in [0.4, 0.5) is 11.4 Å². The zero-order chi connectivity index (χ0) is 18.5. The van der Waals surface area contributed by atoms with E-state index < -0.39 is 4.92 Å². The van der Waals surface area contributed by atoms with Gasteiger partial charge in [-0.2, -0.15) is 0 Å². The molecule has 0 saturated carbocycles. The van der Waals surface area contributed by atoms with Crippen LogP contribution in [0.25, 0.3) is 0 Å². The van der Waals surface area contributed by atoms with Crippen LogP contribution in [0.5, 0.6) is 0 Å². The number of non-ortho nitro benzene ring substituents is 1. The average molecular weight is 373 g/mol. The van der Waals surface area contributed by atoms with Crippen LogP contribution in [-0.2, 0) is 4.79 Å². The highest BCUT2D eigenvalue weighted by Crippen LogP contribution is 2.21. The van der Waals surface area contributed by atoms with Gasteiger partial charge in [-0.1, -0.05) is 6.07 Å². The molecule has 0 radical (unpaired) electrons. The Hall–Kier alpha value is -2.74. The maximum absolute atomic E-state index is 12.3. The summed E-state index contributed by atoms with van der Waals surface area (Å²) < 4.78 is 0. The molecule has 2 aromatic rings. The summed E-state index contributed by atoms with van der Waals surface area (Å²) in [5, 5.41) is 12.6. The fourth-order valence-corrected chi connectivity index (χ4v) is 3.63. The van der Waals surface area contributed by atoms with Crippen LogP contribution in [0.1, 0.15) is 22.5 Å². The molecule has 1 aromatic carbocycles. The van der Waals surface area contributed by atoms with Crippen molar-refractivity contribution in [2.75, 3.05) is 31.1 Å². The third-order valence-corrected chi connectivity index (χ3v) is 5.33. The van der Waals surface area contributed by atoms with E-state index in [0.29, 0.717) is 31.1 Å². The lowest BCUT2D eigenvalue weighted by Crippen LogP contribution is -2.48. The lowest BCUT2D eigenvalue weighted by atomic mass is 10.1. The highest BCUT2D eigenvalue weighted by atomic mass is 32.1. The number of amides is 1. The maximum Gasteiger partial charge on any atom is 0.269 e. The number of thiophene rings is 1. The van der Waals surface area contributed by atoms with Crippen LogP contribution in [0.15, 0.2) is 41.8 Å². The minimum atomic E-state index is -0.419. The van der Waals surface area contributed by atoms with Gasteiger partial charge >= 0.3 is 0 Å². The molecule has 0 atom stereocenters. The monoisotopic (exact) mass is 373 g/mol. The number of ketones is 1. The largest absolute Gasteiger partial charge is 0.368 e.